The minimum Gasteiger partial charge on any atom is -0.487 e. The van der Waals surface area contributed by atoms with Crippen LogP contribution in [0.1, 0.15) is 16.7 Å². The molecule has 0 N–H and O–H groups in total. The third kappa shape index (κ3) is 4.01. The fourth-order valence-corrected chi connectivity index (χ4v) is 1.70. The number of hydrogen-bond donors (Lipinski definition) is 0. The van der Waals surface area contributed by atoms with Crippen LogP contribution in [-0.4, -0.2) is 10.9 Å². The van der Waals surface area contributed by atoms with Gasteiger partial charge in [-0.2, -0.15) is 0 Å². The lowest BCUT2D eigenvalue weighted by Crippen LogP contribution is -1.98. The van der Waals surface area contributed by atoms with Gasteiger partial charge >= 0.3 is 0 Å². The second kappa shape index (κ2) is 6.82. The molecule has 2 nitrogen and oxygen atoms in total. The van der Waals surface area contributed by atoms with E-state index in [1.165, 1.54) is 11.1 Å². The Labute approximate surface area is 118 Å². The van der Waals surface area contributed by atoms with E-state index in [-0.39, 0.29) is 0 Å². The fourth-order valence-electron chi connectivity index (χ4n) is 1.63. The normalized spacial score (nSPS) is 9.58. The van der Waals surface area contributed by atoms with Gasteiger partial charge < -0.3 is 4.74 Å². The van der Waals surface area contributed by atoms with Gasteiger partial charge in [0.2, 0.25) is 0 Å². The summed E-state index contributed by atoms with van der Waals surface area (Å²) in [5.74, 6) is 6.74. The first-order chi connectivity index (χ1) is 9.29. The smallest absolute Gasteiger partial charge is 0.139 e. The first-order valence-electron chi connectivity index (χ1n) is 5.97. The van der Waals surface area contributed by atoms with Gasteiger partial charge in [0.05, 0.1) is 12.1 Å². The summed E-state index contributed by atoms with van der Waals surface area (Å²) in [6, 6.07) is 10.0. The third-order valence-corrected chi connectivity index (χ3v) is 2.80. The number of nitrogens with zero attached hydrogens (tertiary/aromatic N) is 1. The number of benzene rings is 1. The van der Waals surface area contributed by atoms with Crippen LogP contribution in [0.4, 0.5) is 0 Å². The second-order valence-corrected chi connectivity index (χ2v) is 4.33. The van der Waals surface area contributed by atoms with Crippen molar-refractivity contribution in [2.24, 2.45) is 0 Å². The van der Waals surface area contributed by atoms with E-state index >= 15 is 0 Å². The molecule has 96 valence electrons. The highest BCUT2D eigenvalue weighted by atomic mass is 35.5. The van der Waals surface area contributed by atoms with Gasteiger partial charge in [-0.15, -0.1) is 11.6 Å². The van der Waals surface area contributed by atoms with E-state index < -0.39 is 0 Å². The number of aromatic nitrogens is 1. The Morgan fingerprint density at radius 3 is 2.89 bits per heavy atom. The van der Waals surface area contributed by atoms with Gasteiger partial charge in [-0.1, -0.05) is 36.1 Å². The summed E-state index contributed by atoms with van der Waals surface area (Å²) >= 11 is 5.52. The minimum atomic E-state index is 0.314. The summed E-state index contributed by atoms with van der Waals surface area (Å²) in [4.78, 5) is 4.10. The van der Waals surface area contributed by atoms with Gasteiger partial charge in [0.15, 0.2) is 0 Å². The Morgan fingerprint density at radius 1 is 1.26 bits per heavy atom. The SMILES string of the molecule is Cc1ccccc1COc1cncc(C#CCCl)c1. The molecule has 1 aromatic heterocycles. The van der Waals surface area contributed by atoms with Crippen LogP contribution in [0.5, 0.6) is 5.75 Å². The highest BCUT2D eigenvalue weighted by molar-refractivity contribution is 6.19. The maximum atomic E-state index is 5.73. The van der Waals surface area contributed by atoms with Gasteiger partial charge in [-0.3, -0.25) is 4.98 Å². The summed E-state index contributed by atoms with van der Waals surface area (Å²) in [5.41, 5.74) is 3.19. The molecule has 0 bridgehead atoms. The summed E-state index contributed by atoms with van der Waals surface area (Å²) < 4.78 is 5.73. The van der Waals surface area contributed by atoms with Crippen LogP contribution in [0.15, 0.2) is 42.7 Å². The zero-order valence-corrected chi connectivity index (χ0v) is 11.4. The Hall–Kier alpha value is -1.98. The first kappa shape index (κ1) is 13.5. The van der Waals surface area contributed by atoms with Crippen LogP contribution < -0.4 is 4.74 Å². The molecule has 0 amide bonds. The summed E-state index contributed by atoms with van der Waals surface area (Å²) in [6.45, 7) is 2.60. The van der Waals surface area contributed by atoms with E-state index in [1.54, 1.807) is 12.4 Å². The largest absolute Gasteiger partial charge is 0.487 e. The molecule has 0 unspecified atom stereocenters. The fraction of sp³-hybridized carbons (Fsp3) is 0.188. The van der Waals surface area contributed by atoms with Crippen LogP contribution >= 0.6 is 11.6 Å². The predicted molar refractivity (Wildman–Crippen MR) is 77.3 cm³/mol. The van der Waals surface area contributed by atoms with Crippen LogP contribution in [0.2, 0.25) is 0 Å². The first-order valence-corrected chi connectivity index (χ1v) is 6.50. The number of rotatable bonds is 3. The topological polar surface area (TPSA) is 22.1 Å². The zero-order chi connectivity index (χ0) is 13.5. The predicted octanol–water partition coefficient (Wildman–Crippen LogP) is 3.56. The van der Waals surface area contributed by atoms with Crippen molar-refractivity contribution in [3.8, 4) is 17.6 Å². The van der Waals surface area contributed by atoms with Crippen molar-refractivity contribution in [1.82, 2.24) is 4.98 Å². The van der Waals surface area contributed by atoms with Gasteiger partial charge in [0.25, 0.3) is 0 Å². The van der Waals surface area contributed by atoms with Crippen molar-refractivity contribution in [3.05, 3.63) is 59.4 Å². The molecule has 0 aliphatic carbocycles. The molecule has 0 fully saturated rings. The van der Waals surface area contributed by atoms with Crippen molar-refractivity contribution in [2.75, 3.05) is 5.88 Å². The lowest BCUT2D eigenvalue weighted by Gasteiger charge is -2.08. The molecule has 19 heavy (non-hydrogen) atoms. The molecule has 0 aliphatic rings. The third-order valence-electron chi connectivity index (χ3n) is 2.67. The van der Waals surface area contributed by atoms with E-state index in [9.17, 15) is 0 Å². The van der Waals surface area contributed by atoms with Gasteiger partial charge in [0, 0.05) is 11.8 Å². The lowest BCUT2D eigenvalue weighted by atomic mass is 10.1. The number of hydrogen-bond acceptors (Lipinski definition) is 2. The summed E-state index contributed by atoms with van der Waals surface area (Å²) in [6.07, 6.45) is 3.38. The second-order valence-electron chi connectivity index (χ2n) is 4.06. The highest BCUT2D eigenvalue weighted by Crippen LogP contribution is 2.14. The molecular formula is C16H14ClNO. The van der Waals surface area contributed by atoms with Crippen molar-refractivity contribution >= 4 is 11.6 Å². The molecule has 0 saturated heterocycles. The van der Waals surface area contributed by atoms with E-state index in [1.807, 2.05) is 18.2 Å². The van der Waals surface area contributed by atoms with Crippen LogP contribution in [0, 0.1) is 18.8 Å². The van der Waals surface area contributed by atoms with Crippen molar-refractivity contribution in [1.29, 1.82) is 0 Å². The van der Waals surface area contributed by atoms with E-state index in [2.05, 4.69) is 35.9 Å². The molecule has 0 radical (unpaired) electrons. The Morgan fingerprint density at radius 2 is 2.11 bits per heavy atom. The molecule has 0 aliphatic heterocycles. The molecule has 0 saturated carbocycles. The molecule has 1 heterocycles. The Bertz CT molecular complexity index is 613. The van der Waals surface area contributed by atoms with Crippen LogP contribution in [0.3, 0.4) is 0 Å². The average molecular weight is 272 g/mol. The zero-order valence-electron chi connectivity index (χ0n) is 10.7. The van der Waals surface area contributed by atoms with Crippen molar-refractivity contribution < 1.29 is 4.74 Å². The average Bonchev–Trinajstić information content (AvgIpc) is 2.45. The number of pyridine rings is 1. The molecule has 3 heteroatoms. The number of ether oxygens (including phenoxy) is 1. The van der Waals surface area contributed by atoms with Crippen LogP contribution in [0.25, 0.3) is 0 Å². The molecule has 0 atom stereocenters. The van der Waals surface area contributed by atoms with Gasteiger partial charge in [0.1, 0.15) is 12.4 Å². The van der Waals surface area contributed by atoms with Crippen molar-refractivity contribution in [2.45, 2.75) is 13.5 Å². The summed E-state index contributed by atoms with van der Waals surface area (Å²) in [5, 5.41) is 0. The van der Waals surface area contributed by atoms with E-state index in [0.29, 0.717) is 18.2 Å². The number of aryl methyl sites for hydroxylation is 1. The van der Waals surface area contributed by atoms with Crippen molar-refractivity contribution in [3.63, 3.8) is 0 Å². The van der Waals surface area contributed by atoms with Gasteiger partial charge in [-0.05, 0) is 24.1 Å². The van der Waals surface area contributed by atoms with Gasteiger partial charge in [-0.25, -0.2) is 0 Å². The molecule has 2 rings (SSSR count). The van der Waals surface area contributed by atoms with Crippen LogP contribution in [-0.2, 0) is 6.61 Å². The molecular weight excluding hydrogens is 258 g/mol. The summed E-state index contributed by atoms with van der Waals surface area (Å²) in [7, 11) is 0. The molecule has 0 spiro atoms. The highest BCUT2D eigenvalue weighted by Gasteiger charge is 2.00. The standard InChI is InChI=1S/C16H14ClNO/c1-13-5-2-3-7-15(13)12-19-16-9-14(6-4-8-17)10-18-11-16/h2-3,5,7,9-11H,8,12H2,1H3. The Kier molecular flexibility index (Phi) is 4.83. The number of alkyl halides is 1. The molecule has 1 aromatic carbocycles. The monoisotopic (exact) mass is 271 g/mol. The van der Waals surface area contributed by atoms with E-state index in [4.69, 9.17) is 16.3 Å². The quantitative estimate of drug-likeness (QED) is 0.629. The minimum absolute atomic E-state index is 0.314. The lowest BCUT2D eigenvalue weighted by molar-refractivity contribution is 0.304. The Balaban J connectivity index is 2.06. The number of halogens is 1. The maximum absolute atomic E-state index is 5.73. The molecule has 2 aromatic rings. The van der Waals surface area contributed by atoms with E-state index in [0.717, 1.165) is 5.56 Å². The maximum Gasteiger partial charge on any atom is 0.139 e.